The summed E-state index contributed by atoms with van der Waals surface area (Å²) in [5.41, 5.74) is 1.15. The average Bonchev–Trinajstić information content (AvgIpc) is 3.54. The summed E-state index contributed by atoms with van der Waals surface area (Å²) in [6.07, 6.45) is 9.01. The average molecular weight is 547 g/mol. The Morgan fingerprint density at radius 3 is 2.70 bits per heavy atom. The number of thiazole rings is 1. The molecule has 1 aromatic heterocycles. The van der Waals surface area contributed by atoms with Gasteiger partial charge in [0.05, 0.1) is 5.69 Å². The molecule has 1 aromatic rings. The van der Waals surface area contributed by atoms with E-state index < -0.39 is 0 Å². The number of aliphatic imine (C=N–C) groups is 1. The molecule has 3 heterocycles. The Morgan fingerprint density at radius 1 is 1.20 bits per heavy atom. The summed E-state index contributed by atoms with van der Waals surface area (Å²) in [4.78, 5) is 26.2. The maximum Gasteiger partial charge on any atom is 0.225 e. The molecule has 1 amide bonds. The van der Waals surface area contributed by atoms with Gasteiger partial charge in [-0.1, -0.05) is 12.8 Å². The van der Waals surface area contributed by atoms with Gasteiger partial charge in [0, 0.05) is 63.5 Å². The molecule has 168 valence electrons. The molecule has 0 radical (unpaired) electrons. The van der Waals surface area contributed by atoms with Gasteiger partial charge < -0.3 is 20.4 Å². The normalized spacial score (nSPS) is 22.4. The van der Waals surface area contributed by atoms with Crippen molar-refractivity contribution in [3.05, 3.63) is 11.1 Å². The zero-order chi connectivity index (χ0) is 20.1. The van der Waals surface area contributed by atoms with Crippen LogP contribution in [-0.2, 0) is 11.2 Å². The lowest BCUT2D eigenvalue weighted by Crippen LogP contribution is -2.45. The first-order valence-corrected chi connectivity index (χ1v) is 12.1. The van der Waals surface area contributed by atoms with E-state index in [1.165, 1.54) is 25.7 Å². The fraction of sp³-hybridized carbons (Fsp3) is 0.762. The number of guanidine groups is 1. The van der Waals surface area contributed by atoms with Crippen LogP contribution in [0.4, 0.5) is 5.13 Å². The Morgan fingerprint density at radius 2 is 1.97 bits per heavy atom. The molecule has 0 aromatic carbocycles. The van der Waals surface area contributed by atoms with Gasteiger partial charge in [0.2, 0.25) is 5.91 Å². The van der Waals surface area contributed by atoms with E-state index in [9.17, 15) is 4.79 Å². The van der Waals surface area contributed by atoms with Crippen LogP contribution in [0, 0.1) is 5.92 Å². The number of likely N-dealkylation sites (tertiary alicyclic amines) is 1. The molecule has 3 fully saturated rings. The molecule has 0 bridgehead atoms. The summed E-state index contributed by atoms with van der Waals surface area (Å²) in [6, 6.07) is 0.285. The van der Waals surface area contributed by atoms with Gasteiger partial charge in [-0.15, -0.1) is 35.3 Å². The van der Waals surface area contributed by atoms with Crippen molar-refractivity contribution in [2.45, 2.75) is 57.4 Å². The van der Waals surface area contributed by atoms with Gasteiger partial charge in [-0.25, -0.2) is 4.98 Å². The number of amides is 1. The van der Waals surface area contributed by atoms with Crippen LogP contribution >= 0.6 is 35.3 Å². The molecule has 2 saturated heterocycles. The Hall–Kier alpha value is -1.10. The summed E-state index contributed by atoms with van der Waals surface area (Å²) in [5.74, 6) is 1.46. The van der Waals surface area contributed by atoms with Crippen LogP contribution in [0.25, 0.3) is 0 Å². The van der Waals surface area contributed by atoms with E-state index in [1.807, 2.05) is 0 Å². The van der Waals surface area contributed by atoms with E-state index in [2.05, 4.69) is 30.8 Å². The molecule has 7 nitrogen and oxygen atoms in total. The van der Waals surface area contributed by atoms with Crippen LogP contribution in [0.1, 0.15) is 50.6 Å². The smallest absolute Gasteiger partial charge is 0.225 e. The first kappa shape index (κ1) is 23.6. The Kier molecular flexibility index (Phi) is 9.03. The fourth-order valence-electron chi connectivity index (χ4n) is 4.67. The molecule has 1 aliphatic carbocycles. The van der Waals surface area contributed by atoms with Crippen molar-refractivity contribution >= 4 is 52.3 Å². The summed E-state index contributed by atoms with van der Waals surface area (Å²) in [5, 5.41) is 10.2. The van der Waals surface area contributed by atoms with Crippen LogP contribution < -0.4 is 15.5 Å². The zero-order valence-electron chi connectivity index (χ0n) is 17.9. The predicted octanol–water partition coefficient (Wildman–Crippen LogP) is 2.86. The molecule has 1 atom stereocenters. The molecular weight excluding hydrogens is 511 g/mol. The lowest BCUT2D eigenvalue weighted by atomic mass is 10.1. The highest BCUT2D eigenvalue weighted by molar-refractivity contribution is 14.0. The molecular formula is C21H35IN6OS. The van der Waals surface area contributed by atoms with Gasteiger partial charge in [0.25, 0.3) is 0 Å². The van der Waals surface area contributed by atoms with Crippen LogP contribution in [0.15, 0.2) is 10.4 Å². The maximum atomic E-state index is 12.6. The van der Waals surface area contributed by atoms with Crippen molar-refractivity contribution in [1.82, 2.24) is 20.5 Å². The number of carbonyl (C=O) groups excluding carboxylic acids is 1. The second kappa shape index (κ2) is 11.5. The number of carbonyl (C=O) groups is 1. The Labute approximate surface area is 201 Å². The van der Waals surface area contributed by atoms with Gasteiger partial charge in [-0.3, -0.25) is 9.79 Å². The van der Waals surface area contributed by atoms with Gasteiger partial charge in [-0.2, -0.15) is 0 Å². The molecule has 4 rings (SSSR count). The van der Waals surface area contributed by atoms with Crippen molar-refractivity contribution in [2.75, 3.05) is 44.7 Å². The quantitative estimate of drug-likeness (QED) is 0.326. The molecule has 2 N–H and O–H groups in total. The maximum absolute atomic E-state index is 12.6. The molecule has 30 heavy (non-hydrogen) atoms. The second-order valence-electron chi connectivity index (χ2n) is 8.46. The largest absolute Gasteiger partial charge is 0.356 e. The molecule has 9 heteroatoms. The van der Waals surface area contributed by atoms with Crippen LogP contribution in [0.3, 0.4) is 0 Å². The highest BCUT2D eigenvalue weighted by Gasteiger charge is 2.32. The lowest BCUT2D eigenvalue weighted by molar-refractivity contribution is -0.134. The number of halogens is 1. The van der Waals surface area contributed by atoms with Gasteiger partial charge in [-0.05, 0) is 32.1 Å². The van der Waals surface area contributed by atoms with E-state index in [4.69, 9.17) is 4.98 Å². The van der Waals surface area contributed by atoms with Crippen molar-refractivity contribution in [3.8, 4) is 0 Å². The van der Waals surface area contributed by atoms with E-state index >= 15 is 0 Å². The highest BCUT2D eigenvalue weighted by Crippen LogP contribution is 2.28. The lowest BCUT2D eigenvalue weighted by Gasteiger charge is -2.21. The van der Waals surface area contributed by atoms with Crippen molar-refractivity contribution in [2.24, 2.45) is 10.9 Å². The van der Waals surface area contributed by atoms with E-state index in [-0.39, 0.29) is 35.9 Å². The third-order valence-electron chi connectivity index (χ3n) is 6.36. The minimum absolute atomic E-state index is 0. The standard InChI is InChI=1S/C21H34N6OS.HI/c1-22-20(23-10-8-18-15-29-21(25-18)26-11-4-5-12-26)24-17-9-13-27(14-17)19(28)16-6-2-3-7-16;/h15-17H,2-14H2,1H3,(H2,22,23,24);1H. The van der Waals surface area contributed by atoms with Crippen molar-refractivity contribution in [3.63, 3.8) is 0 Å². The monoisotopic (exact) mass is 546 g/mol. The van der Waals surface area contributed by atoms with E-state index in [0.29, 0.717) is 5.91 Å². The number of anilines is 1. The third-order valence-corrected chi connectivity index (χ3v) is 7.31. The molecule has 2 aliphatic heterocycles. The van der Waals surface area contributed by atoms with Gasteiger partial charge >= 0.3 is 0 Å². The van der Waals surface area contributed by atoms with E-state index in [1.54, 1.807) is 18.4 Å². The first-order chi connectivity index (χ1) is 14.2. The van der Waals surface area contributed by atoms with Crippen molar-refractivity contribution in [1.29, 1.82) is 0 Å². The molecule has 0 spiro atoms. The van der Waals surface area contributed by atoms with Crippen LogP contribution in [0.2, 0.25) is 0 Å². The third kappa shape index (κ3) is 5.99. The number of hydrogen-bond acceptors (Lipinski definition) is 5. The number of rotatable bonds is 6. The number of nitrogens with one attached hydrogen (secondary N) is 2. The molecule has 1 saturated carbocycles. The zero-order valence-corrected chi connectivity index (χ0v) is 21.1. The first-order valence-electron chi connectivity index (χ1n) is 11.2. The topological polar surface area (TPSA) is 72.9 Å². The summed E-state index contributed by atoms with van der Waals surface area (Å²) in [7, 11) is 1.81. The number of hydrogen-bond donors (Lipinski definition) is 2. The summed E-state index contributed by atoms with van der Waals surface area (Å²) < 4.78 is 0. The highest BCUT2D eigenvalue weighted by atomic mass is 127. The fourth-order valence-corrected chi connectivity index (χ4v) is 5.58. The van der Waals surface area contributed by atoms with Crippen molar-refractivity contribution < 1.29 is 4.79 Å². The minimum Gasteiger partial charge on any atom is -0.356 e. The van der Waals surface area contributed by atoms with Gasteiger partial charge in [0.1, 0.15) is 0 Å². The minimum atomic E-state index is 0. The summed E-state index contributed by atoms with van der Waals surface area (Å²) in [6.45, 7) is 4.75. The Balaban J connectivity index is 0.00000256. The van der Waals surface area contributed by atoms with Gasteiger partial charge in [0.15, 0.2) is 11.1 Å². The van der Waals surface area contributed by atoms with Crippen LogP contribution in [-0.4, -0.2) is 67.6 Å². The van der Waals surface area contributed by atoms with E-state index in [0.717, 1.165) is 75.2 Å². The van der Waals surface area contributed by atoms with Crippen LogP contribution in [0.5, 0.6) is 0 Å². The SMILES string of the molecule is CN=C(NCCc1csc(N2CCCC2)n1)NC1CCN(C(=O)C2CCCC2)C1.I. The summed E-state index contributed by atoms with van der Waals surface area (Å²) >= 11 is 1.75. The predicted molar refractivity (Wildman–Crippen MR) is 134 cm³/mol. The second-order valence-corrected chi connectivity index (χ2v) is 9.30. The number of nitrogens with zero attached hydrogens (tertiary/aromatic N) is 4. The molecule has 1 unspecified atom stereocenters. The molecule has 3 aliphatic rings. The number of aromatic nitrogens is 1. The Bertz CT molecular complexity index is 714.